The number of ether oxygens (including phenoxy) is 3. The summed E-state index contributed by atoms with van der Waals surface area (Å²) in [6.45, 7) is 4.77. The fourth-order valence-corrected chi connectivity index (χ4v) is 5.16. The third kappa shape index (κ3) is 7.02. The Labute approximate surface area is 241 Å². The van der Waals surface area contributed by atoms with Gasteiger partial charge in [-0.15, -0.1) is 0 Å². The summed E-state index contributed by atoms with van der Waals surface area (Å²) in [5, 5.41) is 0. The first kappa shape index (κ1) is 28.1. The van der Waals surface area contributed by atoms with E-state index in [4.69, 9.17) is 18.6 Å². The number of hydrogen-bond donors (Lipinski definition) is 0. The summed E-state index contributed by atoms with van der Waals surface area (Å²) in [6.07, 6.45) is 0. The molecule has 8 nitrogen and oxygen atoms in total. The zero-order chi connectivity index (χ0) is 28.6. The zero-order valence-electron chi connectivity index (χ0n) is 23.9. The molecule has 8 heteroatoms. The lowest BCUT2D eigenvalue weighted by Gasteiger charge is -2.35. The average molecular weight is 556 g/mol. The van der Waals surface area contributed by atoms with Gasteiger partial charge in [-0.1, -0.05) is 36.4 Å². The molecule has 0 unspecified atom stereocenters. The number of benzene rings is 3. The van der Waals surface area contributed by atoms with Crippen LogP contribution in [0.5, 0.6) is 17.2 Å². The van der Waals surface area contributed by atoms with E-state index in [0.717, 1.165) is 42.4 Å². The number of nitrogens with zero attached hydrogens (tertiary/aromatic N) is 3. The molecule has 1 aliphatic rings. The second-order valence-corrected chi connectivity index (χ2v) is 10.1. The van der Waals surface area contributed by atoms with E-state index in [9.17, 15) is 4.79 Å². The molecule has 2 heterocycles. The maximum atomic E-state index is 13.3. The van der Waals surface area contributed by atoms with Crippen LogP contribution in [0.25, 0.3) is 0 Å². The normalized spacial score (nSPS) is 13.4. The minimum absolute atomic E-state index is 0.0693. The fourth-order valence-electron chi connectivity index (χ4n) is 5.16. The maximum absolute atomic E-state index is 13.3. The lowest BCUT2D eigenvalue weighted by atomic mass is 10.1. The Bertz CT molecular complexity index is 1410. The molecule has 0 aliphatic carbocycles. The van der Waals surface area contributed by atoms with E-state index in [-0.39, 0.29) is 5.91 Å². The van der Waals surface area contributed by atoms with Crippen molar-refractivity contribution in [3.8, 4) is 17.2 Å². The van der Waals surface area contributed by atoms with E-state index in [1.54, 1.807) is 27.4 Å². The van der Waals surface area contributed by atoms with Gasteiger partial charge in [-0.05, 0) is 59.7 Å². The van der Waals surface area contributed by atoms with E-state index in [1.165, 1.54) is 5.56 Å². The van der Waals surface area contributed by atoms with Crippen LogP contribution in [0.1, 0.15) is 27.4 Å². The van der Waals surface area contributed by atoms with E-state index in [0.29, 0.717) is 43.4 Å². The third-order valence-corrected chi connectivity index (χ3v) is 7.36. The topological polar surface area (TPSA) is 67.6 Å². The Morgan fingerprint density at radius 3 is 2.12 bits per heavy atom. The lowest BCUT2D eigenvalue weighted by molar-refractivity contribution is 0.0710. The molecule has 214 valence electrons. The summed E-state index contributed by atoms with van der Waals surface area (Å²) in [7, 11) is 4.94. The van der Waals surface area contributed by atoms with Gasteiger partial charge in [0.15, 0.2) is 17.3 Å². The molecule has 1 fully saturated rings. The molecule has 5 rings (SSSR count). The maximum Gasteiger partial charge on any atom is 0.289 e. The molecular formula is C33H37N3O5. The molecule has 0 atom stereocenters. The van der Waals surface area contributed by atoms with Crippen LogP contribution in [0.15, 0.2) is 89.3 Å². The summed E-state index contributed by atoms with van der Waals surface area (Å²) in [4.78, 5) is 19.7. The molecule has 0 bridgehead atoms. The molecule has 1 aromatic heterocycles. The van der Waals surface area contributed by atoms with Gasteiger partial charge in [-0.25, -0.2) is 0 Å². The number of furan rings is 1. The Morgan fingerprint density at radius 1 is 0.732 bits per heavy atom. The van der Waals surface area contributed by atoms with Gasteiger partial charge in [-0.2, -0.15) is 0 Å². The highest BCUT2D eigenvalue weighted by molar-refractivity contribution is 5.91. The van der Waals surface area contributed by atoms with Crippen molar-refractivity contribution in [3.05, 3.63) is 108 Å². The largest absolute Gasteiger partial charge is 0.497 e. The average Bonchev–Trinajstić information content (AvgIpc) is 3.49. The molecule has 4 aromatic rings. The summed E-state index contributed by atoms with van der Waals surface area (Å²) in [5.41, 5.74) is 3.42. The molecule has 1 saturated heterocycles. The highest BCUT2D eigenvalue weighted by Crippen LogP contribution is 2.29. The SMILES string of the molecule is COc1ccc(N2CCN(C(=O)c3ccc(CN(Cc4ccccc4)Cc4ccc(OC)c(OC)c4)o3)CC2)cc1. The number of carbonyl (C=O) groups is 1. The predicted molar refractivity (Wildman–Crippen MR) is 159 cm³/mol. The van der Waals surface area contributed by atoms with Crippen molar-refractivity contribution in [2.75, 3.05) is 52.4 Å². The smallest absolute Gasteiger partial charge is 0.289 e. The van der Waals surface area contributed by atoms with Gasteiger partial charge in [0.05, 0.1) is 27.9 Å². The van der Waals surface area contributed by atoms with E-state index >= 15 is 0 Å². The number of carbonyl (C=O) groups excluding carboxylic acids is 1. The van der Waals surface area contributed by atoms with Crippen molar-refractivity contribution >= 4 is 11.6 Å². The number of hydrogen-bond acceptors (Lipinski definition) is 7. The Kier molecular flexibility index (Phi) is 9.11. The van der Waals surface area contributed by atoms with Gasteiger partial charge in [0.2, 0.25) is 0 Å². The highest BCUT2D eigenvalue weighted by atomic mass is 16.5. The quantitative estimate of drug-likeness (QED) is 0.243. The van der Waals surface area contributed by atoms with Gasteiger partial charge in [0, 0.05) is 45.0 Å². The van der Waals surface area contributed by atoms with Crippen molar-refractivity contribution in [2.45, 2.75) is 19.6 Å². The van der Waals surface area contributed by atoms with Crippen molar-refractivity contribution in [1.29, 1.82) is 0 Å². The van der Waals surface area contributed by atoms with Gasteiger partial charge in [-0.3, -0.25) is 9.69 Å². The first-order valence-electron chi connectivity index (χ1n) is 13.8. The van der Waals surface area contributed by atoms with Gasteiger partial charge in [0.25, 0.3) is 5.91 Å². The summed E-state index contributed by atoms with van der Waals surface area (Å²) >= 11 is 0. The Hall–Kier alpha value is -4.43. The number of piperazine rings is 1. The molecule has 1 amide bonds. The van der Waals surface area contributed by atoms with Crippen LogP contribution in [-0.4, -0.2) is 63.2 Å². The first-order valence-corrected chi connectivity index (χ1v) is 13.8. The second kappa shape index (κ2) is 13.3. The molecule has 3 aromatic carbocycles. The van der Waals surface area contributed by atoms with Crippen molar-refractivity contribution in [3.63, 3.8) is 0 Å². The number of rotatable bonds is 11. The zero-order valence-corrected chi connectivity index (χ0v) is 23.9. The molecular weight excluding hydrogens is 518 g/mol. The van der Waals surface area contributed by atoms with Crippen LogP contribution in [-0.2, 0) is 19.6 Å². The molecule has 0 N–H and O–H groups in total. The predicted octanol–water partition coefficient (Wildman–Crippen LogP) is 5.47. The number of anilines is 1. The van der Waals surface area contributed by atoms with Gasteiger partial charge in [0.1, 0.15) is 11.5 Å². The summed E-state index contributed by atoms with van der Waals surface area (Å²) in [6, 6.07) is 28.0. The number of amides is 1. The minimum atomic E-state index is -0.0693. The van der Waals surface area contributed by atoms with Crippen LogP contribution < -0.4 is 19.1 Å². The van der Waals surface area contributed by atoms with Crippen LogP contribution in [0.2, 0.25) is 0 Å². The third-order valence-electron chi connectivity index (χ3n) is 7.36. The van der Waals surface area contributed by atoms with Crippen molar-refractivity contribution in [2.24, 2.45) is 0 Å². The van der Waals surface area contributed by atoms with Crippen molar-refractivity contribution in [1.82, 2.24) is 9.80 Å². The lowest BCUT2D eigenvalue weighted by Crippen LogP contribution is -2.48. The van der Waals surface area contributed by atoms with Crippen LogP contribution in [0.4, 0.5) is 5.69 Å². The summed E-state index contributed by atoms with van der Waals surface area (Å²) in [5.74, 6) is 3.29. The fraction of sp³-hybridized carbons (Fsp3) is 0.303. The van der Waals surface area contributed by atoms with E-state index < -0.39 is 0 Å². The van der Waals surface area contributed by atoms with E-state index in [1.807, 2.05) is 59.5 Å². The first-order chi connectivity index (χ1) is 20.1. The molecule has 0 saturated carbocycles. The molecule has 0 spiro atoms. The Balaban J connectivity index is 1.24. The van der Waals surface area contributed by atoms with Crippen LogP contribution >= 0.6 is 0 Å². The second-order valence-electron chi connectivity index (χ2n) is 10.1. The summed E-state index contributed by atoms with van der Waals surface area (Å²) < 4.78 is 22.3. The highest BCUT2D eigenvalue weighted by Gasteiger charge is 2.25. The monoisotopic (exact) mass is 555 g/mol. The minimum Gasteiger partial charge on any atom is -0.497 e. The van der Waals surface area contributed by atoms with Crippen LogP contribution in [0, 0.1) is 0 Å². The van der Waals surface area contributed by atoms with Crippen LogP contribution in [0.3, 0.4) is 0 Å². The van der Waals surface area contributed by atoms with E-state index in [2.05, 4.69) is 34.1 Å². The van der Waals surface area contributed by atoms with Gasteiger partial charge >= 0.3 is 0 Å². The Morgan fingerprint density at radius 2 is 1.44 bits per heavy atom. The molecule has 1 aliphatic heterocycles. The van der Waals surface area contributed by atoms with Crippen molar-refractivity contribution < 1.29 is 23.4 Å². The molecule has 41 heavy (non-hydrogen) atoms. The molecule has 0 radical (unpaired) electrons. The standard InChI is InChI=1S/C33H37N3O5/c1-38-28-12-10-27(11-13-28)35-17-19-36(20-18-35)33(37)31-16-14-29(41-31)24-34(22-25-7-5-4-6-8-25)23-26-9-15-30(39-2)32(21-26)40-3/h4-16,21H,17-20,22-24H2,1-3H3. The number of methoxy groups -OCH3 is 3. The van der Waals surface area contributed by atoms with Gasteiger partial charge < -0.3 is 28.4 Å².